The molecule has 4 rings (SSSR count). The summed E-state index contributed by atoms with van der Waals surface area (Å²) in [4.78, 5) is 25.2. The number of nitrogens with one attached hydrogen (secondary N) is 1. The zero-order chi connectivity index (χ0) is 24.6. The molecule has 0 spiro atoms. The molecule has 2 aliphatic rings. The van der Waals surface area contributed by atoms with Crippen LogP contribution in [0.5, 0.6) is 17.2 Å². The highest BCUT2D eigenvalue weighted by Gasteiger charge is 2.34. The van der Waals surface area contributed by atoms with Crippen molar-refractivity contribution in [2.45, 2.75) is 32.1 Å². The Bertz CT molecular complexity index is 1230. The Morgan fingerprint density at radius 2 is 1.71 bits per heavy atom. The number of ketones is 1. The third kappa shape index (κ3) is 4.60. The minimum Gasteiger partial charge on any atom is -0.495 e. The van der Waals surface area contributed by atoms with Gasteiger partial charge in [0.25, 0.3) is 5.91 Å². The van der Waals surface area contributed by atoms with Gasteiger partial charge in [-0.3, -0.25) is 9.59 Å². The third-order valence-electron chi connectivity index (χ3n) is 6.02. The molecule has 9 nitrogen and oxygen atoms in total. The predicted molar refractivity (Wildman–Crippen MR) is 125 cm³/mol. The second kappa shape index (κ2) is 9.27. The van der Waals surface area contributed by atoms with Crippen molar-refractivity contribution < 1.29 is 32.2 Å². The zero-order valence-electron chi connectivity index (χ0n) is 19.6. The molecule has 2 unspecified atom stereocenters. The van der Waals surface area contributed by atoms with Crippen molar-refractivity contribution in [3.8, 4) is 17.2 Å². The second-order valence-corrected chi connectivity index (χ2v) is 10.8. The second-order valence-electron chi connectivity index (χ2n) is 8.90. The van der Waals surface area contributed by atoms with Crippen LogP contribution in [0.4, 0.5) is 5.69 Å². The summed E-state index contributed by atoms with van der Waals surface area (Å²) in [5, 5.41) is 2.70. The number of piperidine rings is 1. The maximum atomic E-state index is 13.5. The summed E-state index contributed by atoms with van der Waals surface area (Å²) in [7, 11) is -2.50. The molecule has 10 heteroatoms. The monoisotopic (exact) mass is 488 g/mol. The van der Waals surface area contributed by atoms with Crippen LogP contribution >= 0.6 is 0 Å². The lowest BCUT2D eigenvalue weighted by molar-refractivity contribution is 0.101. The Morgan fingerprint density at radius 3 is 2.32 bits per heavy atom. The average Bonchev–Trinajstić information content (AvgIpc) is 3.24. The Morgan fingerprint density at radius 1 is 1.06 bits per heavy atom. The van der Waals surface area contributed by atoms with Crippen molar-refractivity contribution >= 4 is 27.4 Å². The Hall–Kier alpha value is -3.11. The minimum absolute atomic E-state index is 0.0253. The molecule has 2 heterocycles. The van der Waals surface area contributed by atoms with E-state index in [9.17, 15) is 18.0 Å². The number of ether oxygens (including phenoxy) is 3. The molecule has 34 heavy (non-hydrogen) atoms. The van der Waals surface area contributed by atoms with Crippen LogP contribution in [0.25, 0.3) is 0 Å². The molecule has 182 valence electrons. The molecule has 2 aromatic carbocycles. The van der Waals surface area contributed by atoms with E-state index in [2.05, 4.69) is 5.32 Å². The van der Waals surface area contributed by atoms with E-state index in [4.69, 9.17) is 14.2 Å². The van der Waals surface area contributed by atoms with Gasteiger partial charge in [-0.15, -0.1) is 0 Å². The number of benzene rings is 2. The van der Waals surface area contributed by atoms with E-state index in [1.54, 1.807) is 0 Å². The smallest absolute Gasteiger partial charge is 0.255 e. The Balaban J connectivity index is 1.67. The van der Waals surface area contributed by atoms with Crippen LogP contribution in [0.2, 0.25) is 0 Å². The van der Waals surface area contributed by atoms with Crippen molar-refractivity contribution in [1.29, 1.82) is 0 Å². The summed E-state index contributed by atoms with van der Waals surface area (Å²) in [6.45, 7) is 6.27. The molecule has 0 bridgehead atoms. The van der Waals surface area contributed by atoms with Gasteiger partial charge in [0, 0.05) is 30.3 Å². The molecule has 0 aliphatic carbocycles. The first kappa shape index (κ1) is 24.0. The van der Waals surface area contributed by atoms with Crippen LogP contribution in [-0.4, -0.2) is 51.4 Å². The molecule has 1 saturated heterocycles. The molecule has 0 saturated carbocycles. The van der Waals surface area contributed by atoms with Crippen molar-refractivity contribution in [1.82, 2.24) is 4.31 Å². The number of rotatable bonds is 6. The number of anilines is 1. The summed E-state index contributed by atoms with van der Waals surface area (Å²) in [6.07, 6.45) is 0.958. The lowest BCUT2D eigenvalue weighted by atomic mass is 9.94. The van der Waals surface area contributed by atoms with Crippen LogP contribution in [0.1, 0.15) is 47.9 Å². The van der Waals surface area contributed by atoms with Crippen LogP contribution in [0.3, 0.4) is 0 Å². The van der Waals surface area contributed by atoms with Crippen LogP contribution in [-0.2, 0) is 10.0 Å². The summed E-state index contributed by atoms with van der Waals surface area (Å²) < 4.78 is 44.4. The third-order valence-corrected chi connectivity index (χ3v) is 7.87. The van der Waals surface area contributed by atoms with Gasteiger partial charge < -0.3 is 19.5 Å². The van der Waals surface area contributed by atoms with Gasteiger partial charge in [-0.25, -0.2) is 8.42 Å². The maximum absolute atomic E-state index is 13.5. The maximum Gasteiger partial charge on any atom is 0.255 e. The van der Waals surface area contributed by atoms with E-state index in [1.165, 1.54) is 48.7 Å². The van der Waals surface area contributed by atoms with Crippen molar-refractivity contribution in [2.24, 2.45) is 11.8 Å². The molecule has 2 aromatic rings. The minimum atomic E-state index is -3.89. The molecule has 1 amide bonds. The van der Waals surface area contributed by atoms with E-state index in [1.807, 2.05) is 13.8 Å². The number of hydrogen-bond acceptors (Lipinski definition) is 7. The van der Waals surface area contributed by atoms with Gasteiger partial charge in [-0.1, -0.05) is 13.8 Å². The molecule has 1 fully saturated rings. The van der Waals surface area contributed by atoms with Crippen LogP contribution < -0.4 is 19.5 Å². The van der Waals surface area contributed by atoms with Gasteiger partial charge in [-0.05, 0) is 49.4 Å². The normalized spacial score (nSPS) is 20.1. The molecular weight excluding hydrogens is 460 g/mol. The predicted octanol–water partition coefficient (Wildman–Crippen LogP) is 3.55. The number of carbonyl (C=O) groups excluding carboxylic acids is 2. The fourth-order valence-corrected chi connectivity index (χ4v) is 6.35. The van der Waals surface area contributed by atoms with E-state index < -0.39 is 15.9 Å². The number of nitrogens with zero attached hydrogens (tertiary/aromatic N) is 1. The summed E-state index contributed by atoms with van der Waals surface area (Å²) in [5.74, 6) is 0.618. The fourth-order valence-electron chi connectivity index (χ4n) is 4.49. The summed E-state index contributed by atoms with van der Waals surface area (Å²) >= 11 is 0. The number of amides is 1. The number of carbonyl (C=O) groups is 2. The first-order chi connectivity index (χ1) is 16.1. The SMILES string of the molecule is COc1ccc(C(=O)Nc2cc3c(cc2C(C)=O)OCO3)cc1S(=O)(=O)N1CC(C)CC(C)C1. The van der Waals surface area contributed by atoms with Gasteiger partial charge >= 0.3 is 0 Å². The number of sulfonamides is 1. The topological polar surface area (TPSA) is 111 Å². The Labute approximate surface area is 199 Å². The van der Waals surface area contributed by atoms with E-state index in [-0.39, 0.29) is 51.9 Å². The van der Waals surface area contributed by atoms with E-state index in [0.29, 0.717) is 24.6 Å². The lowest BCUT2D eigenvalue weighted by Crippen LogP contribution is -2.42. The van der Waals surface area contributed by atoms with Gasteiger partial charge in [0.1, 0.15) is 10.6 Å². The summed E-state index contributed by atoms with van der Waals surface area (Å²) in [6, 6.07) is 7.30. The molecule has 0 radical (unpaired) electrons. The van der Waals surface area contributed by atoms with E-state index in [0.717, 1.165) is 6.42 Å². The zero-order valence-corrected chi connectivity index (χ0v) is 20.4. The number of fused-ring (bicyclic) bond motifs is 1. The number of methoxy groups -OCH3 is 1. The van der Waals surface area contributed by atoms with Crippen LogP contribution in [0, 0.1) is 11.8 Å². The summed E-state index contributed by atoms with van der Waals surface area (Å²) in [5.41, 5.74) is 0.626. The highest BCUT2D eigenvalue weighted by Crippen LogP contribution is 2.38. The van der Waals surface area contributed by atoms with Gasteiger partial charge in [0.15, 0.2) is 17.3 Å². The first-order valence-electron chi connectivity index (χ1n) is 11.0. The lowest BCUT2D eigenvalue weighted by Gasteiger charge is -2.34. The molecule has 1 N–H and O–H groups in total. The average molecular weight is 489 g/mol. The van der Waals surface area contributed by atoms with E-state index >= 15 is 0 Å². The largest absolute Gasteiger partial charge is 0.495 e. The van der Waals surface area contributed by atoms with Crippen LogP contribution in [0.15, 0.2) is 35.2 Å². The number of hydrogen-bond donors (Lipinski definition) is 1. The number of Topliss-reactive ketones (excluding diaryl/α,β-unsaturated/α-hetero) is 1. The fraction of sp³-hybridized carbons (Fsp3) is 0.417. The molecule has 2 atom stereocenters. The molecule has 0 aromatic heterocycles. The molecular formula is C24H28N2O7S. The standard InChI is InChI=1S/C24H28N2O7S/c1-14-7-15(2)12-26(11-14)34(29,30)23-8-17(5-6-20(23)31-4)24(28)25-19-10-22-21(32-13-33-22)9-18(19)16(3)27/h5-6,8-10,14-15H,7,11-13H2,1-4H3,(H,25,28). The van der Waals surface area contributed by atoms with Crippen molar-refractivity contribution in [3.05, 3.63) is 41.5 Å². The van der Waals surface area contributed by atoms with Crippen molar-refractivity contribution in [2.75, 3.05) is 32.3 Å². The molecule has 2 aliphatic heterocycles. The highest BCUT2D eigenvalue weighted by atomic mass is 32.2. The van der Waals surface area contributed by atoms with Gasteiger partial charge in [-0.2, -0.15) is 4.31 Å². The van der Waals surface area contributed by atoms with Crippen molar-refractivity contribution in [3.63, 3.8) is 0 Å². The first-order valence-corrected chi connectivity index (χ1v) is 12.5. The van der Waals surface area contributed by atoms with Gasteiger partial charge in [0.05, 0.1) is 12.8 Å². The highest BCUT2D eigenvalue weighted by molar-refractivity contribution is 7.89. The van der Waals surface area contributed by atoms with Gasteiger partial charge in [0.2, 0.25) is 16.8 Å². The Kier molecular flexibility index (Phi) is 6.55. The quantitative estimate of drug-likeness (QED) is 0.619.